The lowest BCUT2D eigenvalue weighted by molar-refractivity contribution is -0.148. The summed E-state index contributed by atoms with van der Waals surface area (Å²) in [5.74, 6) is 3.02. The summed E-state index contributed by atoms with van der Waals surface area (Å²) in [4.78, 5) is 0.266. The zero-order valence-corrected chi connectivity index (χ0v) is 39.0. The molecule has 316 valence electrons. The molecule has 3 aromatic rings. The Balaban J connectivity index is 1.60. The Kier molecular flexibility index (Phi) is 18.5. The summed E-state index contributed by atoms with van der Waals surface area (Å²) in [7, 11) is -4.89. The van der Waals surface area contributed by atoms with Gasteiger partial charge in [-0.15, -0.1) is 23.5 Å². The van der Waals surface area contributed by atoms with Gasteiger partial charge in [0.05, 0.1) is 41.5 Å². The highest BCUT2D eigenvalue weighted by Crippen LogP contribution is 2.52. The van der Waals surface area contributed by atoms with Gasteiger partial charge < -0.3 is 23.7 Å². The molecule has 0 radical (unpaired) electrons. The van der Waals surface area contributed by atoms with Crippen LogP contribution in [-0.4, -0.2) is 81.9 Å². The van der Waals surface area contributed by atoms with E-state index in [0.29, 0.717) is 39.3 Å². The van der Waals surface area contributed by atoms with Gasteiger partial charge in [-0.2, -0.15) is 5.10 Å². The van der Waals surface area contributed by atoms with Crippen LogP contribution in [0, 0.1) is 12.8 Å². The quantitative estimate of drug-likeness (QED) is 0.0304. The number of rotatable bonds is 23. The Morgan fingerprint density at radius 1 is 0.895 bits per heavy atom. The second-order valence-electron chi connectivity index (χ2n) is 16.2. The van der Waals surface area contributed by atoms with Gasteiger partial charge in [0.1, 0.15) is 12.5 Å². The maximum Gasteiger partial charge on any atom is 0.271 e. The molecule has 4 rings (SSSR count). The topological polar surface area (TPSA) is 95.9 Å². The molecular weight excluding hydrogens is 793 g/mol. The van der Waals surface area contributed by atoms with Crippen LogP contribution in [0.5, 0.6) is 5.75 Å². The number of benzene rings is 3. The van der Waals surface area contributed by atoms with Crippen molar-refractivity contribution < 1.29 is 32.1 Å². The molecule has 1 aliphatic heterocycles. The molecule has 1 fully saturated rings. The third-order valence-corrected chi connectivity index (χ3v) is 23.0. The molecular formula is C44H66N2O7S3Si. The Morgan fingerprint density at radius 2 is 1.54 bits per heavy atom. The van der Waals surface area contributed by atoms with Crippen molar-refractivity contribution in [2.24, 2.45) is 11.0 Å². The van der Waals surface area contributed by atoms with Gasteiger partial charge in [0.2, 0.25) is 8.24 Å². The summed E-state index contributed by atoms with van der Waals surface area (Å²) in [5.41, 5.74) is 3.18. The van der Waals surface area contributed by atoms with E-state index >= 15 is 0 Å². The third-order valence-electron chi connectivity index (χ3n) is 11.0. The molecule has 3 atom stereocenters. The van der Waals surface area contributed by atoms with E-state index in [-0.39, 0.29) is 38.9 Å². The molecule has 9 nitrogen and oxygen atoms in total. The zero-order valence-electron chi connectivity index (χ0n) is 35.6. The van der Waals surface area contributed by atoms with Crippen LogP contribution in [0.4, 0.5) is 0 Å². The van der Waals surface area contributed by atoms with Gasteiger partial charge in [-0.05, 0) is 104 Å². The van der Waals surface area contributed by atoms with Gasteiger partial charge in [0.25, 0.3) is 10.0 Å². The highest BCUT2D eigenvalue weighted by Gasteiger charge is 2.48. The number of sulfonamides is 1. The smallest absolute Gasteiger partial charge is 0.271 e. The minimum absolute atomic E-state index is 0.140. The predicted molar refractivity (Wildman–Crippen MR) is 240 cm³/mol. The summed E-state index contributed by atoms with van der Waals surface area (Å²) in [6.45, 7) is 18.8. The van der Waals surface area contributed by atoms with E-state index in [1.807, 2.05) is 98.2 Å². The van der Waals surface area contributed by atoms with Gasteiger partial charge in [-0.1, -0.05) is 87.9 Å². The first-order valence-electron chi connectivity index (χ1n) is 20.1. The van der Waals surface area contributed by atoms with Gasteiger partial charge in [0, 0.05) is 25.8 Å². The average Bonchev–Trinajstić information content (AvgIpc) is 3.19. The van der Waals surface area contributed by atoms with Crippen molar-refractivity contribution >= 4 is 48.0 Å². The fourth-order valence-electron chi connectivity index (χ4n) is 6.32. The third kappa shape index (κ3) is 13.6. The highest BCUT2D eigenvalue weighted by atomic mass is 32.2. The van der Waals surface area contributed by atoms with Crippen LogP contribution < -0.4 is 4.74 Å². The van der Waals surface area contributed by atoms with Crippen LogP contribution in [0.3, 0.4) is 0 Å². The van der Waals surface area contributed by atoms with Gasteiger partial charge >= 0.3 is 0 Å². The Bertz CT molecular complexity index is 1750. The fourth-order valence-corrected chi connectivity index (χ4v) is 15.3. The first kappa shape index (κ1) is 47.3. The lowest BCUT2D eigenvalue weighted by atomic mass is 9.95. The van der Waals surface area contributed by atoms with Crippen molar-refractivity contribution in [2.75, 3.05) is 38.6 Å². The summed E-state index contributed by atoms with van der Waals surface area (Å²) in [6, 6.07) is 25.2. The van der Waals surface area contributed by atoms with Crippen molar-refractivity contribution in [3.05, 3.63) is 95.6 Å². The van der Waals surface area contributed by atoms with E-state index in [4.69, 9.17) is 28.8 Å². The Morgan fingerprint density at radius 3 is 2.16 bits per heavy atom. The molecule has 0 saturated carbocycles. The van der Waals surface area contributed by atoms with Crippen molar-refractivity contribution in [3.8, 4) is 5.75 Å². The predicted octanol–water partition coefficient (Wildman–Crippen LogP) is 10.5. The SMILES string of the molecule is CCOCO[C@@H](CCOCc1ccc(OC)cc1)[C@H](CC1([C@@H](C)C/C=N/N([Si](C)(C)C(C)(C)C)S(=O)(=O)c2ccc(C)cc2)SCCCS1)OCc1ccccc1. The first-order chi connectivity index (χ1) is 27.1. The summed E-state index contributed by atoms with van der Waals surface area (Å²) >= 11 is 3.97. The van der Waals surface area contributed by atoms with Crippen LogP contribution in [-0.2, 0) is 42.2 Å². The summed E-state index contributed by atoms with van der Waals surface area (Å²) in [6.07, 6.45) is 4.39. The highest BCUT2D eigenvalue weighted by molar-refractivity contribution is 8.18. The molecule has 57 heavy (non-hydrogen) atoms. The summed E-state index contributed by atoms with van der Waals surface area (Å²) < 4.78 is 60.4. The molecule has 0 aliphatic carbocycles. The van der Waals surface area contributed by atoms with Crippen LogP contribution in [0.2, 0.25) is 18.1 Å². The molecule has 0 aromatic heterocycles. The summed E-state index contributed by atoms with van der Waals surface area (Å²) in [5, 5.41) is 4.63. The van der Waals surface area contributed by atoms with E-state index in [1.54, 1.807) is 19.2 Å². The molecule has 1 aliphatic rings. The number of thioether (sulfide) groups is 2. The molecule has 1 saturated heterocycles. The number of hydrogen-bond donors (Lipinski definition) is 0. The molecule has 1 heterocycles. The second-order valence-corrected chi connectivity index (χ2v) is 26.5. The largest absolute Gasteiger partial charge is 0.497 e. The maximum absolute atomic E-state index is 14.3. The van der Waals surface area contributed by atoms with E-state index in [0.717, 1.165) is 46.8 Å². The van der Waals surface area contributed by atoms with Crippen molar-refractivity contribution in [3.63, 3.8) is 0 Å². The molecule has 0 N–H and O–H groups in total. The first-order valence-corrected chi connectivity index (χ1v) is 26.5. The lowest BCUT2D eigenvalue weighted by Crippen LogP contribution is -2.54. The normalized spacial score (nSPS) is 16.6. The minimum atomic E-state index is -3.88. The van der Waals surface area contributed by atoms with Crippen LogP contribution in [0.15, 0.2) is 88.9 Å². The average molecular weight is 859 g/mol. The van der Waals surface area contributed by atoms with E-state index in [1.165, 1.54) is 4.08 Å². The monoisotopic (exact) mass is 858 g/mol. The number of ether oxygens (including phenoxy) is 5. The number of methoxy groups -OCH3 is 1. The van der Waals surface area contributed by atoms with Crippen LogP contribution >= 0.6 is 23.5 Å². The molecule has 0 spiro atoms. The standard InChI is InChI=1S/C44H66N2O7S3Si/c1-10-50-34-53-41(26-28-51-32-38-19-21-39(49-7)22-20-38)42(52-33-37-15-12-11-13-16-37)31-44(54-29-14-30-55-44)36(3)25-27-45-46(57(8,9)43(4,5)6)56(47,48)40-23-17-35(2)18-24-40/h11-13,15-24,27,36,41-42H,10,14,25-26,28-34H2,1-9H3/b45-27+/t36-,41-,42-/m0/s1. The van der Waals surface area contributed by atoms with E-state index in [9.17, 15) is 8.42 Å². The second kappa shape index (κ2) is 22.3. The van der Waals surface area contributed by atoms with Gasteiger partial charge in [-0.25, -0.2) is 12.5 Å². The molecule has 0 amide bonds. The van der Waals surface area contributed by atoms with E-state index < -0.39 is 18.3 Å². The number of aryl methyl sites for hydroxylation is 1. The van der Waals surface area contributed by atoms with Gasteiger partial charge in [0.15, 0.2) is 0 Å². The molecule has 0 bridgehead atoms. The van der Waals surface area contributed by atoms with Crippen molar-refractivity contribution in [2.45, 2.75) is 120 Å². The van der Waals surface area contributed by atoms with Crippen LogP contribution in [0.25, 0.3) is 0 Å². The zero-order chi connectivity index (χ0) is 41.5. The maximum atomic E-state index is 14.3. The number of hydrazone groups is 1. The molecule has 0 unspecified atom stereocenters. The Hall–Kier alpha value is -2.36. The van der Waals surface area contributed by atoms with E-state index in [2.05, 4.69) is 52.9 Å². The Labute approximate surface area is 353 Å². The molecule has 13 heteroatoms. The molecule has 3 aromatic carbocycles. The lowest BCUT2D eigenvalue weighted by Gasteiger charge is -2.44. The number of hydrogen-bond acceptors (Lipinski definition) is 10. The number of nitrogens with zero attached hydrogens (tertiary/aromatic N) is 2. The minimum Gasteiger partial charge on any atom is -0.497 e. The van der Waals surface area contributed by atoms with Crippen molar-refractivity contribution in [1.82, 2.24) is 4.08 Å². The van der Waals surface area contributed by atoms with Crippen molar-refractivity contribution in [1.29, 1.82) is 0 Å². The fraction of sp³-hybridized carbons (Fsp3) is 0.568. The van der Waals surface area contributed by atoms with Gasteiger partial charge in [-0.3, -0.25) is 0 Å². The van der Waals surface area contributed by atoms with Crippen LogP contribution in [0.1, 0.15) is 77.0 Å².